The summed E-state index contributed by atoms with van der Waals surface area (Å²) in [6.07, 6.45) is 1.20. The lowest BCUT2D eigenvalue weighted by atomic mass is 10.1. The second-order valence-corrected chi connectivity index (χ2v) is 5.23. The Morgan fingerprint density at radius 2 is 1.88 bits per heavy atom. The van der Waals surface area contributed by atoms with Gasteiger partial charge in [0.25, 0.3) is 11.8 Å². The van der Waals surface area contributed by atoms with Crippen LogP contribution < -0.4 is 5.32 Å². The van der Waals surface area contributed by atoms with Gasteiger partial charge in [0.1, 0.15) is 17.1 Å². The summed E-state index contributed by atoms with van der Waals surface area (Å²) >= 11 is 0. The van der Waals surface area contributed by atoms with Crippen LogP contribution in [0.25, 0.3) is 17.4 Å². The molecule has 25 heavy (non-hydrogen) atoms. The van der Waals surface area contributed by atoms with Crippen molar-refractivity contribution < 1.29 is 28.7 Å². The summed E-state index contributed by atoms with van der Waals surface area (Å²) in [5, 5.41) is 11.3. The number of rotatable bonds is 3. The van der Waals surface area contributed by atoms with E-state index in [-0.39, 0.29) is 22.7 Å². The fraction of sp³-hybridized carbons (Fsp3) is 0.0588. The van der Waals surface area contributed by atoms with Gasteiger partial charge in [0.2, 0.25) is 0 Å². The van der Waals surface area contributed by atoms with Gasteiger partial charge in [0.05, 0.1) is 5.56 Å². The number of carboxylic acid groups (broad SMARTS) is 1. The van der Waals surface area contributed by atoms with Gasteiger partial charge in [-0.3, -0.25) is 19.8 Å². The first-order valence-electron chi connectivity index (χ1n) is 7.16. The predicted octanol–water partition coefficient (Wildman–Crippen LogP) is 1.74. The van der Waals surface area contributed by atoms with Crippen LogP contribution in [-0.4, -0.2) is 40.9 Å². The second kappa shape index (κ2) is 6.08. The van der Waals surface area contributed by atoms with Gasteiger partial charge in [0, 0.05) is 12.6 Å². The third kappa shape index (κ3) is 2.92. The van der Waals surface area contributed by atoms with Crippen LogP contribution in [0.3, 0.4) is 0 Å². The Balaban J connectivity index is 1.98. The Bertz CT molecular complexity index is 940. The van der Waals surface area contributed by atoms with Crippen molar-refractivity contribution >= 4 is 29.9 Å². The molecule has 0 atom stereocenters. The van der Waals surface area contributed by atoms with Crippen molar-refractivity contribution in [3.63, 3.8) is 0 Å². The first-order valence-corrected chi connectivity index (χ1v) is 7.16. The highest BCUT2D eigenvalue weighted by atomic mass is 16.4. The summed E-state index contributed by atoms with van der Waals surface area (Å²) in [6, 6.07) is 8.52. The van der Waals surface area contributed by atoms with Crippen molar-refractivity contribution in [2.45, 2.75) is 0 Å². The molecule has 126 valence electrons. The number of imide groups is 2. The van der Waals surface area contributed by atoms with Crippen LogP contribution in [0.2, 0.25) is 0 Å². The van der Waals surface area contributed by atoms with Crippen LogP contribution in [0.1, 0.15) is 16.1 Å². The minimum Gasteiger partial charge on any atom is -0.478 e. The molecule has 8 heteroatoms. The quantitative estimate of drug-likeness (QED) is 0.649. The molecule has 0 saturated carbocycles. The Morgan fingerprint density at radius 1 is 1.16 bits per heavy atom. The second-order valence-electron chi connectivity index (χ2n) is 5.23. The van der Waals surface area contributed by atoms with Crippen LogP contribution in [0, 0.1) is 0 Å². The highest BCUT2D eigenvalue weighted by molar-refractivity contribution is 6.30. The van der Waals surface area contributed by atoms with Crippen molar-refractivity contribution in [2.75, 3.05) is 7.05 Å². The lowest BCUT2D eigenvalue weighted by Crippen LogP contribution is -2.52. The van der Waals surface area contributed by atoms with Gasteiger partial charge < -0.3 is 9.52 Å². The van der Waals surface area contributed by atoms with Crippen molar-refractivity contribution in [3.05, 3.63) is 53.3 Å². The van der Waals surface area contributed by atoms with Gasteiger partial charge >= 0.3 is 12.0 Å². The SMILES string of the molecule is CN1C(=O)NC(=O)C(=Cc2ccc(-c3ccccc3C(=O)O)o2)C1=O. The zero-order valence-electron chi connectivity index (χ0n) is 13.0. The predicted molar refractivity (Wildman–Crippen MR) is 85.4 cm³/mol. The summed E-state index contributed by atoms with van der Waals surface area (Å²) in [7, 11) is 1.24. The monoisotopic (exact) mass is 340 g/mol. The zero-order chi connectivity index (χ0) is 18.1. The number of benzene rings is 1. The Kier molecular flexibility index (Phi) is 3.94. The molecule has 4 amide bonds. The largest absolute Gasteiger partial charge is 0.478 e. The third-order valence-corrected chi connectivity index (χ3v) is 3.64. The van der Waals surface area contributed by atoms with Crippen LogP contribution in [-0.2, 0) is 9.59 Å². The first kappa shape index (κ1) is 16.2. The summed E-state index contributed by atoms with van der Waals surface area (Å²) < 4.78 is 5.55. The molecule has 1 aliphatic heterocycles. The van der Waals surface area contributed by atoms with E-state index in [2.05, 4.69) is 0 Å². The number of likely N-dealkylation sites (N-methyl/N-ethyl adjacent to an activating group) is 1. The lowest BCUT2D eigenvalue weighted by Gasteiger charge is -2.21. The van der Waals surface area contributed by atoms with Crippen molar-refractivity contribution in [3.8, 4) is 11.3 Å². The summed E-state index contributed by atoms with van der Waals surface area (Å²) in [5.41, 5.74) is 0.175. The molecular formula is C17H12N2O6. The molecule has 8 nitrogen and oxygen atoms in total. The van der Waals surface area contributed by atoms with Gasteiger partial charge in [-0.05, 0) is 24.3 Å². The maximum Gasteiger partial charge on any atom is 0.336 e. The molecule has 0 spiro atoms. The molecular weight excluding hydrogens is 328 g/mol. The van der Waals surface area contributed by atoms with Crippen LogP contribution in [0.4, 0.5) is 4.79 Å². The van der Waals surface area contributed by atoms with Crippen molar-refractivity contribution in [2.24, 2.45) is 0 Å². The normalized spacial score (nSPS) is 16.3. The molecule has 0 bridgehead atoms. The molecule has 1 aliphatic rings. The number of urea groups is 1. The van der Waals surface area contributed by atoms with Crippen LogP contribution in [0.5, 0.6) is 0 Å². The molecule has 3 rings (SSSR count). The van der Waals surface area contributed by atoms with Crippen LogP contribution in [0.15, 0.2) is 46.4 Å². The van der Waals surface area contributed by atoms with Gasteiger partial charge in [-0.15, -0.1) is 0 Å². The Morgan fingerprint density at radius 3 is 2.60 bits per heavy atom. The maximum absolute atomic E-state index is 12.0. The molecule has 0 aliphatic carbocycles. The number of furan rings is 1. The van der Waals surface area contributed by atoms with E-state index in [4.69, 9.17) is 4.42 Å². The fourth-order valence-corrected chi connectivity index (χ4v) is 2.35. The smallest absolute Gasteiger partial charge is 0.336 e. The number of barbiturate groups is 1. The zero-order valence-corrected chi connectivity index (χ0v) is 13.0. The van der Waals surface area contributed by atoms with Gasteiger partial charge in [0.15, 0.2) is 0 Å². The number of nitrogens with one attached hydrogen (secondary N) is 1. The summed E-state index contributed by atoms with van der Waals surface area (Å²) in [5.74, 6) is -2.22. The number of carbonyl (C=O) groups is 4. The molecule has 1 saturated heterocycles. The standard InChI is InChI=1S/C17H12N2O6/c1-19-15(21)12(14(20)18-17(19)24)8-9-6-7-13(25-9)10-4-2-3-5-11(10)16(22)23/h2-8H,1H3,(H,22,23)(H,18,20,24). The first-order chi connectivity index (χ1) is 11.9. The van der Waals surface area contributed by atoms with Crippen molar-refractivity contribution in [1.29, 1.82) is 0 Å². The third-order valence-electron chi connectivity index (χ3n) is 3.64. The number of hydrogen-bond acceptors (Lipinski definition) is 5. The van der Waals surface area contributed by atoms with E-state index in [0.29, 0.717) is 5.56 Å². The molecule has 2 N–H and O–H groups in total. The van der Waals surface area contributed by atoms with E-state index >= 15 is 0 Å². The topological polar surface area (TPSA) is 117 Å². The molecule has 0 radical (unpaired) electrons. The molecule has 1 fully saturated rings. The number of carboxylic acids is 1. The Hall–Kier alpha value is -3.68. The van der Waals surface area contributed by atoms with E-state index in [0.717, 1.165) is 4.90 Å². The van der Waals surface area contributed by atoms with E-state index < -0.39 is 23.8 Å². The Labute approximate surface area is 141 Å². The number of nitrogens with zero attached hydrogens (tertiary/aromatic N) is 1. The minimum absolute atomic E-state index is 0.0628. The number of amides is 4. The van der Waals surface area contributed by atoms with E-state index in [1.54, 1.807) is 18.2 Å². The average Bonchev–Trinajstić information content (AvgIpc) is 3.05. The molecule has 2 aromatic rings. The average molecular weight is 340 g/mol. The molecule has 0 unspecified atom stereocenters. The highest BCUT2D eigenvalue weighted by Gasteiger charge is 2.33. The van der Waals surface area contributed by atoms with Crippen LogP contribution >= 0.6 is 0 Å². The fourth-order valence-electron chi connectivity index (χ4n) is 2.35. The van der Waals surface area contributed by atoms with E-state index in [1.165, 1.54) is 31.3 Å². The summed E-state index contributed by atoms with van der Waals surface area (Å²) in [4.78, 5) is 47.3. The molecule has 2 heterocycles. The van der Waals surface area contributed by atoms with Gasteiger partial charge in [-0.25, -0.2) is 9.59 Å². The van der Waals surface area contributed by atoms with Gasteiger partial charge in [-0.1, -0.05) is 18.2 Å². The van der Waals surface area contributed by atoms with E-state index in [1.807, 2.05) is 5.32 Å². The highest BCUT2D eigenvalue weighted by Crippen LogP contribution is 2.27. The molecule has 1 aromatic heterocycles. The molecule has 1 aromatic carbocycles. The van der Waals surface area contributed by atoms with E-state index in [9.17, 15) is 24.3 Å². The lowest BCUT2D eigenvalue weighted by molar-refractivity contribution is -0.129. The minimum atomic E-state index is -1.10. The number of aromatic carboxylic acids is 1. The number of carbonyl (C=O) groups excluding carboxylic acids is 3. The number of hydrogen-bond donors (Lipinski definition) is 2. The summed E-state index contributed by atoms with van der Waals surface area (Å²) in [6.45, 7) is 0. The van der Waals surface area contributed by atoms with Gasteiger partial charge in [-0.2, -0.15) is 0 Å². The maximum atomic E-state index is 12.0. The van der Waals surface area contributed by atoms with Crippen molar-refractivity contribution in [1.82, 2.24) is 10.2 Å².